The lowest BCUT2D eigenvalue weighted by Crippen LogP contribution is -2.32. The Balaban J connectivity index is 2.50. The molecule has 1 aliphatic carbocycles. The Hall–Kier alpha value is -2.27. The molecule has 0 spiro atoms. The number of ketones is 2. The minimum Gasteiger partial charge on any atom is -0.454 e. The van der Waals surface area contributed by atoms with E-state index in [-0.39, 0.29) is 11.4 Å². The zero-order chi connectivity index (χ0) is 18.9. The molecule has 1 aliphatic heterocycles. The Morgan fingerprint density at radius 3 is 2.40 bits per heavy atom. The molecule has 2 aliphatic rings. The number of carbonyl (C=O) groups excluding carboxylic acids is 3. The zero-order valence-electron chi connectivity index (χ0n) is 14.9. The first kappa shape index (κ1) is 19.1. The predicted molar refractivity (Wildman–Crippen MR) is 93.6 cm³/mol. The van der Waals surface area contributed by atoms with Gasteiger partial charge >= 0.3 is 5.97 Å². The van der Waals surface area contributed by atoms with Crippen LogP contribution in [0.15, 0.2) is 47.6 Å². The van der Waals surface area contributed by atoms with Crippen molar-refractivity contribution in [3.8, 4) is 0 Å². The predicted octanol–water partition coefficient (Wildman–Crippen LogP) is 2.46. The molecule has 0 aromatic carbocycles. The largest absolute Gasteiger partial charge is 0.454 e. The van der Waals surface area contributed by atoms with Crippen molar-refractivity contribution < 1.29 is 24.2 Å². The number of esters is 1. The van der Waals surface area contributed by atoms with Crippen LogP contribution in [0.25, 0.3) is 0 Å². The summed E-state index contributed by atoms with van der Waals surface area (Å²) in [6.45, 7) is 12.6. The van der Waals surface area contributed by atoms with Crippen molar-refractivity contribution in [1.29, 1.82) is 0 Å². The van der Waals surface area contributed by atoms with Crippen molar-refractivity contribution in [1.82, 2.24) is 0 Å². The van der Waals surface area contributed by atoms with Crippen LogP contribution in [0, 0.1) is 11.8 Å². The number of hydrogen-bond donors (Lipinski definition) is 1. The first-order valence-electron chi connectivity index (χ1n) is 8.30. The van der Waals surface area contributed by atoms with E-state index < -0.39 is 35.8 Å². The van der Waals surface area contributed by atoms with Gasteiger partial charge in [-0.3, -0.25) is 9.59 Å². The molecule has 1 heterocycles. The van der Waals surface area contributed by atoms with E-state index >= 15 is 0 Å². The summed E-state index contributed by atoms with van der Waals surface area (Å²) in [5.41, 5.74) is 1.83. The molecule has 25 heavy (non-hydrogen) atoms. The van der Waals surface area contributed by atoms with Gasteiger partial charge in [-0.05, 0) is 51.3 Å². The lowest BCUT2D eigenvalue weighted by atomic mass is 9.83. The Labute approximate surface area is 147 Å². The monoisotopic (exact) mass is 344 g/mol. The van der Waals surface area contributed by atoms with Crippen LogP contribution in [0.3, 0.4) is 0 Å². The standard InChI is InChI=1S/C20H24O5/c1-10(2)14-7-6-13-9-16(25-20(13)24)17(11(3)4)15(21)8-12(5)18(22)19(14)23/h8-9,14,16-17,19,23H,1,3,6-7H2,2,4-5H3/b12-8-/t14-,16+,17-,19-/m0/s1. The van der Waals surface area contributed by atoms with Gasteiger partial charge in [0.1, 0.15) is 12.2 Å². The molecule has 134 valence electrons. The van der Waals surface area contributed by atoms with E-state index in [0.717, 1.165) is 0 Å². The van der Waals surface area contributed by atoms with Crippen molar-refractivity contribution in [2.24, 2.45) is 11.8 Å². The Bertz CT molecular complexity index is 710. The average Bonchev–Trinajstić information content (AvgIpc) is 2.85. The van der Waals surface area contributed by atoms with Gasteiger partial charge in [0.2, 0.25) is 0 Å². The van der Waals surface area contributed by atoms with E-state index in [0.29, 0.717) is 29.6 Å². The molecular weight excluding hydrogens is 320 g/mol. The molecule has 2 bridgehead atoms. The normalized spacial score (nSPS) is 32.7. The van der Waals surface area contributed by atoms with Gasteiger partial charge in [0, 0.05) is 11.5 Å². The van der Waals surface area contributed by atoms with Crippen LogP contribution in [0.5, 0.6) is 0 Å². The van der Waals surface area contributed by atoms with E-state index in [1.807, 2.05) is 0 Å². The fraction of sp³-hybridized carbons (Fsp3) is 0.450. The number of Topliss-reactive ketones (excluding diaryl/α,β-unsaturated/α-hetero) is 1. The van der Waals surface area contributed by atoms with Crippen LogP contribution in [0.4, 0.5) is 0 Å². The van der Waals surface area contributed by atoms with Crippen LogP contribution in [-0.2, 0) is 19.1 Å². The van der Waals surface area contributed by atoms with Crippen molar-refractivity contribution >= 4 is 17.5 Å². The molecule has 0 radical (unpaired) electrons. The first-order chi connectivity index (χ1) is 11.6. The second-order valence-electron chi connectivity index (χ2n) is 6.92. The van der Waals surface area contributed by atoms with Crippen molar-refractivity contribution in [2.45, 2.75) is 45.8 Å². The molecule has 2 rings (SSSR count). The Morgan fingerprint density at radius 1 is 1.20 bits per heavy atom. The van der Waals surface area contributed by atoms with Crippen molar-refractivity contribution in [2.75, 3.05) is 0 Å². The van der Waals surface area contributed by atoms with Crippen molar-refractivity contribution in [3.63, 3.8) is 0 Å². The van der Waals surface area contributed by atoms with Crippen LogP contribution in [0.1, 0.15) is 33.6 Å². The maximum absolute atomic E-state index is 12.6. The second kappa shape index (κ2) is 7.31. The second-order valence-corrected chi connectivity index (χ2v) is 6.92. The highest BCUT2D eigenvalue weighted by Gasteiger charge is 2.37. The van der Waals surface area contributed by atoms with Gasteiger partial charge in [-0.15, -0.1) is 0 Å². The summed E-state index contributed by atoms with van der Waals surface area (Å²) in [5, 5.41) is 10.4. The summed E-state index contributed by atoms with van der Waals surface area (Å²) < 4.78 is 5.35. The maximum atomic E-state index is 12.6. The molecule has 5 nitrogen and oxygen atoms in total. The molecule has 5 heteroatoms. The van der Waals surface area contributed by atoms with E-state index in [9.17, 15) is 19.5 Å². The highest BCUT2D eigenvalue weighted by molar-refractivity contribution is 6.06. The highest BCUT2D eigenvalue weighted by Crippen LogP contribution is 2.32. The molecule has 1 N–H and O–H groups in total. The summed E-state index contributed by atoms with van der Waals surface area (Å²) in [6, 6.07) is 0. The Kier molecular flexibility index (Phi) is 5.58. The fourth-order valence-electron chi connectivity index (χ4n) is 3.31. The summed E-state index contributed by atoms with van der Waals surface area (Å²) in [4.78, 5) is 37.2. The maximum Gasteiger partial charge on any atom is 0.334 e. The number of aliphatic hydroxyl groups is 1. The summed E-state index contributed by atoms with van der Waals surface area (Å²) in [6.07, 6.45) is 1.61. The molecule has 0 aromatic rings. The van der Waals surface area contributed by atoms with Gasteiger partial charge in [0.15, 0.2) is 11.6 Å². The highest BCUT2D eigenvalue weighted by atomic mass is 16.5. The van der Waals surface area contributed by atoms with Gasteiger partial charge in [-0.25, -0.2) is 4.79 Å². The summed E-state index contributed by atoms with van der Waals surface area (Å²) >= 11 is 0. The number of fused-ring (bicyclic) bond motifs is 1. The summed E-state index contributed by atoms with van der Waals surface area (Å²) in [5.74, 6) is -2.57. The molecule has 0 fully saturated rings. The molecule has 4 atom stereocenters. The third kappa shape index (κ3) is 3.87. The SMILES string of the molecule is C=C(C)[C@H]1C(=O)/C=C(/C)C(=O)[C@@H](O)[C@H](C(=C)C)CCC2=C[C@H]1OC2=O. The molecular formula is C20H24O5. The number of aliphatic hydroxyl groups excluding tert-OH is 1. The quantitative estimate of drug-likeness (QED) is 0.615. The van der Waals surface area contributed by atoms with Crippen LogP contribution < -0.4 is 0 Å². The number of allylic oxidation sites excluding steroid dienone is 1. The van der Waals surface area contributed by atoms with Gasteiger partial charge in [-0.1, -0.05) is 24.3 Å². The number of rotatable bonds is 2. The smallest absolute Gasteiger partial charge is 0.334 e. The molecule has 0 aromatic heterocycles. The van der Waals surface area contributed by atoms with Crippen LogP contribution >= 0.6 is 0 Å². The summed E-state index contributed by atoms with van der Waals surface area (Å²) in [7, 11) is 0. The molecule has 0 saturated heterocycles. The van der Waals surface area contributed by atoms with E-state index in [1.165, 1.54) is 13.0 Å². The number of ether oxygens (including phenoxy) is 1. The van der Waals surface area contributed by atoms with E-state index in [4.69, 9.17) is 4.74 Å². The van der Waals surface area contributed by atoms with Gasteiger partial charge < -0.3 is 9.84 Å². The van der Waals surface area contributed by atoms with Gasteiger partial charge in [-0.2, -0.15) is 0 Å². The van der Waals surface area contributed by atoms with Gasteiger partial charge in [0.25, 0.3) is 0 Å². The lowest BCUT2D eigenvalue weighted by molar-refractivity contribution is -0.142. The topological polar surface area (TPSA) is 80.7 Å². The molecule has 0 unspecified atom stereocenters. The third-order valence-electron chi connectivity index (χ3n) is 4.79. The Morgan fingerprint density at radius 2 is 1.84 bits per heavy atom. The van der Waals surface area contributed by atoms with Gasteiger partial charge in [0.05, 0.1) is 5.92 Å². The minimum atomic E-state index is -1.29. The average molecular weight is 344 g/mol. The van der Waals surface area contributed by atoms with Crippen molar-refractivity contribution in [3.05, 3.63) is 47.6 Å². The third-order valence-corrected chi connectivity index (χ3v) is 4.79. The van der Waals surface area contributed by atoms with E-state index in [1.54, 1.807) is 19.9 Å². The number of hydrogen-bond acceptors (Lipinski definition) is 5. The van der Waals surface area contributed by atoms with E-state index in [2.05, 4.69) is 13.2 Å². The number of carbonyl (C=O) groups is 3. The van der Waals surface area contributed by atoms with Crippen LogP contribution in [-0.4, -0.2) is 34.9 Å². The minimum absolute atomic E-state index is 0.170. The van der Waals surface area contributed by atoms with Crippen LogP contribution in [0.2, 0.25) is 0 Å². The zero-order valence-corrected chi connectivity index (χ0v) is 14.9. The molecule has 0 amide bonds. The fourth-order valence-corrected chi connectivity index (χ4v) is 3.31. The lowest BCUT2D eigenvalue weighted by Gasteiger charge is -2.23. The molecule has 0 saturated carbocycles. The first-order valence-corrected chi connectivity index (χ1v) is 8.30.